The van der Waals surface area contributed by atoms with Gasteiger partial charge >= 0.3 is 0 Å². The van der Waals surface area contributed by atoms with Gasteiger partial charge < -0.3 is 0 Å². The fraction of sp³-hybridized carbons (Fsp3) is 0.400. The molecule has 0 heterocycles. The molecule has 0 spiro atoms. The summed E-state index contributed by atoms with van der Waals surface area (Å²) >= 11 is 0. The maximum atomic E-state index is 10.7. The molecular formula is C10H13O. The number of hydrogen-bond acceptors (Lipinski definition) is 0. The molecule has 0 unspecified atom stereocenters. The van der Waals surface area contributed by atoms with Crippen LogP contribution in [0.2, 0.25) is 0 Å². The van der Waals surface area contributed by atoms with Crippen molar-refractivity contribution in [1.29, 1.82) is 0 Å². The third-order valence-electron chi connectivity index (χ3n) is 1.72. The Bertz CT molecular complexity index is 228. The third kappa shape index (κ3) is 1.97. The number of benzene rings is 1. The monoisotopic (exact) mass is 149 g/mol. The summed E-state index contributed by atoms with van der Waals surface area (Å²) in [6.45, 7) is 6.40. The molecule has 1 aromatic carbocycles. The summed E-state index contributed by atoms with van der Waals surface area (Å²) in [5, 5.41) is 10.7. The van der Waals surface area contributed by atoms with Crippen LogP contribution in [-0.2, 0) is 10.5 Å². The molecule has 0 fully saturated rings. The molecule has 1 aromatic rings. The summed E-state index contributed by atoms with van der Waals surface area (Å²) in [5.41, 5.74) is 1.35. The van der Waals surface area contributed by atoms with Gasteiger partial charge in [0.1, 0.15) is 0 Å². The largest absolute Gasteiger partial charge is 0.290 e. The zero-order valence-electron chi connectivity index (χ0n) is 7.22. The lowest BCUT2D eigenvalue weighted by molar-refractivity contribution is 0.354. The van der Waals surface area contributed by atoms with Crippen LogP contribution in [0.25, 0.3) is 0 Å². The van der Waals surface area contributed by atoms with Crippen LogP contribution in [0.3, 0.4) is 0 Å². The van der Waals surface area contributed by atoms with Gasteiger partial charge in [-0.2, -0.15) is 0 Å². The third-order valence-corrected chi connectivity index (χ3v) is 1.72. The number of rotatable bonds is 0. The Morgan fingerprint density at radius 2 is 1.45 bits per heavy atom. The van der Waals surface area contributed by atoms with E-state index in [0.29, 0.717) is 0 Å². The lowest BCUT2D eigenvalue weighted by atomic mass is 9.87. The molecular weight excluding hydrogens is 136 g/mol. The van der Waals surface area contributed by atoms with Gasteiger partial charge in [0, 0.05) is 0 Å². The first-order chi connectivity index (χ1) is 5.00. The van der Waals surface area contributed by atoms with E-state index in [-0.39, 0.29) is 11.2 Å². The Labute approximate surface area is 67.7 Å². The van der Waals surface area contributed by atoms with Crippen LogP contribution >= 0.6 is 0 Å². The standard InChI is InChI=1S/C10H13O/c1-10(2,3)8-4-6-9(11)7-5-8/h4-7H,1-3H3. The fourth-order valence-corrected chi connectivity index (χ4v) is 0.955. The summed E-state index contributed by atoms with van der Waals surface area (Å²) in [6, 6.07) is 7.01. The molecule has 0 bridgehead atoms. The van der Waals surface area contributed by atoms with E-state index in [4.69, 9.17) is 0 Å². The summed E-state index contributed by atoms with van der Waals surface area (Å²) in [4.78, 5) is 0. The van der Waals surface area contributed by atoms with Crippen molar-refractivity contribution in [3.8, 4) is 5.75 Å². The van der Waals surface area contributed by atoms with Gasteiger partial charge in [0.25, 0.3) is 0 Å². The highest BCUT2D eigenvalue weighted by molar-refractivity contribution is 5.29. The van der Waals surface area contributed by atoms with E-state index in [0.717, 1.165) is 0 Å². The van der Waals surface area contributed by atoms with Crippen molar-refractivity contribution in [2.45, 2.75) is 26.2 Å². The van der Waals surface area contributed by atoms with Crippen LogP contribution in [0.1, 0.15) is 26.3 Å². The topological polar surface area (TPSA) is 19.9 Å². The molecule has 1 radical (unpaired) electrons. The lowest BCUT2D eigenvalue weighted by Gasteiger charge is -2.18. The van der Waals surface area contributed by atoms with Crippen molar-refractivity contribution in [2.75, 3.05) is 0 Å². The minimum absolute atomic E-state index is 0.0815. The van der Waals surface area contributed by atoms with Crippen LogP contribution in [-0.4, -0.2) is 0 Å². The van der Waals surface area contributed by atoms with Crippen LogP contribution in [0, 0.1) is 0 Å². The summed E-state index contributed by atoms with van der Waals surface area (Å²) in [5.74, 6) is 0.0815. The first kappa shape index (κ1) is 8.12. The Morgan fingerprint density at radius 3 is 1.82 bits per heavy atom. The second kappa shape index (κ2) is 2.57. The molecule has 0 saturated carbocycles. The molecule has 59 valence electrons. The zero-order chi connectivity index (χ0) is 8.48. The molecule has 0 aliphatic carbocycles. The molecule has 0 aliphatic heterocycles. The summed E-state index contributed by atoms with van der Waals surface area (Å²) < 4.78 is 0. The first-order valence-corrected chi connectivity index (χ1v) is 3.78. The van der Waals surface area contributed by atoms with Gasteiger partial charge in [-0.25, -0.2) is 0 Å². The van der Waals surface area contributed by atoms with E-state index in [1.54, 1.807) is 12.1 Å². The SMILES string of the molecule is CC(C)(C)c1ccc([O])cc1. The quantitative estimate of drug-likeness (QED) is 0.540. The molecule has 0 amide bonds. The van der Waals surface area contributed by atoms with Gasteiger partial charge in [-0.3, -0.25) is 5.11 Å². The summed E-state index contributed by atoms with van der Waals surface area (Å²) in [7, 11) is 0. The van der Waals surface area contributed by atoms with Crippen molar-refractivity contribution < 1.29 is 5.11 Å². The van der Waals surface area contributed by atoms with E-state index < -0.39 is 0 Å². The summed E-state index contributed by atoms with van der Waals surface area (Å²) in [6.07, 6.45) is 0. The van der Waals surface area contributed by atoms with E-state index in [1.807, 2.05) is 12.1 Å². The van der Waals surface area contributed by atoms with Crippen LogP contribution in [0.5, 0.6) is 5.75 Å². The highest BCUT2D eigenvalue weighted by atomic mass is 16.3. The van der Waals surface area contributed by atoms with E-state index in [2.05, 4.69) is 20.8 Å². The smallest absolute Gasteiger partial charge is 0.178 e. The predicted molar refractivity (Wildman–Crippen MR) is 45.3 cm³/mol. The normalized spacial score (nSPS) is 11.5. The zero-order valence-corrected chi connectivity index (χ0v) is 7.22. The van der Waals surface area contributed by atoms with E-state index >= 15 is 0 Å². The fourth-order valence-electron chi connectivity index (χ4n) is 0.955. The highest BCUT2D eigenvalue weighted by Gasteiger charge is 2.12. The average molecular weight is 149 g/mol. The van der Waals surface area contributed by atoms with E-state index in [9.17, 15) is 5.11 Å². The second-order valence-electron chi connectivity index (χ2n) is 3.77. The minimum Gasteiger partial charge on any atom is -0.290 e. The molecule has 0 aliphatic rings. The van der Waals surface area contributed by atoms with Gasteiger partial charge in [-0.1, -0.05) is 32.9 Å². The van der Waals surface area contributed by atoms with Crippen molar-refractivity contribution in [2.24, 2.45) is 0 Å². The van der Waals surface area contributed by atoms with Crippen molar-refractivity contribution >= 4 is 0 Å². The molecule has 0 N–H and O–H groups in total. The minimum atomic E-state index is 0.0815. The van der Waals surface area contributed by atoms with Gasteiger partial charge in [0.05, 0.1) is 0 Å². The Kier molecular flexibility index (Phi) is 1.90. The first-order valence-electron chi connectivity index (χ1n) is 3.78. The highest BCUT2D eigenvalue weighted by Crippen LogP contribution is 2.23. The van der Waals surface area contributed by atoms with Crippen molar-refractivity contribution in [3.63, 3.8) is 0 Å². The van der Waals surface area contributed by atoms with Crippen LogP contribution in [0.15, 0.2) is 24.3 Å². The van der Waals surface area contributed by atoms with Gasteiger partial charge in [0.15, 0.2) is 5.75 Å². The van der Waals surface area contributed by atoms with Gasteiger partial charge in [0.2, 0.25) is 0 Å². The molecule has 1 heteroatoms. The lowest BCUT2D eigenvalue weighted by Crippen LogP contribution is -2.10. The molecule has 0 atom stereocenters. The Balaban J connectivity index is 2.99. The van der Waals surface area contributed by atoms with Crippen LogP contribution < -0.4 is 0 Å². The molecule has 0 saturated heterocycles. The van der Waals surface area contributed by atoms with Crippen molar-refractivity contribution in [1.82, 2.24) is 0 Å². The Morgan fingerprint density at radius 1 is 1.00 bits per heavy atom. The van der Waals surface area contributed by atoms with Crippen molar-refractivity contribution in [3.05, 3.63) is 29.8 Å². The Hall–Kier alpha value is -0.980. The second-order valence-corrected chi connectivity index (χ2v) is 3.77. The molecule has 1 rings (SSSR count). The maximum absolute atomic E-state index is 10.7. The molecule has 11 heavy (non-hydrogen) atoms. The van der Waals surface area contributed by atoms with Gasteiger partial charge in [-0.05, 0) is 23.1 Å². The molecule has 0 aromatic heterocycles. The maximum Gasteiger partial charge on any atom is 0.178 e. The number of hydrogen-bond donors (Lipinski definition) is 0. The molecule has 1 nitrogen and oxygen atoms in total. The average Bonchev–Trinajstić information content (AvgIpc) is 1.86. The van der Waals surface area contributed by atoms with Gasteiger partial charge in [-0.15, -0.1) is 0 Å². The predicted octanol–water partition coefficient (Wildman–Crippen LogP) is 3.13. The van der Waals surface area contributed by atoms with E-state index in [1.165, 1.54) is 5.56 Å². The van der Waals surface area contributed by atoms with Crippen LogP contribution in [0.4, 0.5) is 0 Å².